The second kappa shape index (κ2) is 4.53. The lowest BCUT2D eigenvalue weighted by Gasteiger charge is -2.40. The average Bonchev–Trinajstić information content (AvgIpc) is 2.28. The summed E-state index contributed by atoms with van der Waals surface area (Å²) < 4.78 is 4.73. The molecule has 1 aliphatic rings. The van der Waals surface area contributed by atoms with Crippen molar-refractivity contribution in [3.8, 4) is 0 Å². The van der Waals surface area contributed by atoms with Crippen molar-refractivity contribution in [3.63, 3.8) is 0 Å². The highest BCUT2D eigenvalue weighted by molar-refractivity contribution is 5.82. The van der Waals surface area contributed by atoms with Crippen molar-refractivity contribution >= 4 is 11.7 Å². The Morgan fingerprint density at radius 2 is 2.19 bits per heavy atom. The van der Waals surface area contributed by atoms with Crippen LogP contribution < -0.4 is 4.90 Å². The molecule has 16 heavy (non-hydrogen) atoms. The van der Waals surface area contributed by atoms with Gasteiger partial charge in [-0.05, 0) is 24.1 Å². The number of aliphatic hydroxyl groups is 1. The van der Waals surface area contributed by atoms with Gasteiger partial charge in [0, 0.05) is 12.2 Å². The molecule has 2 rings (SSSR count). The highest BCUT2D eigenvalue weighted by atomic mass is 16.5. The van der Waals surface area contributed by atoms with E-state index < -0.39 is 0 Å². The smallest absolute Gasteiger partial charge is 0.328 e. The van der Waals surface area contributed by atoms with Gasteiger partial charge >= 0.3 is 5.97 Å². The van der Waals surface area contributed by atoms with E-state index >= 15 is 0 Å². The minimum atomic E-state index is -0.183. The summed E-state index contributed by atoms with van der Waals surface area (Å²) in [6.45, 7) is 0.916. The van der Waals surface area contributed by atoms with E-state index in [-0.39, 0.29) is 18.6 Å². The normalized spacial score (nSPS) is 19.1. The van der Waals surface area contributed by atoms with Gasteiger partial charge in [-0.2, -0.15) is 0 Å². The molecule has 0 radical (unpaired) electrons. The fraction of sp³-hybridized carbons (Fsp3) is 0.417. The van der Waals surface area contributed by atoms with Crippen LogP contribution in [-0.2, 0) is 16.1 Å². The van der Waals surface area contributed by atoms with Crippen molar-refractivity contribution in [2.24, 2.45) is 0 Å². The van der Waals surface area contributed by atoms with Gasteiger partial charge in [-0.3, -0.25) is 0 Å². The predicted octanol–water partition coefficient (Wildman–Crippen LogP) is 0.931. The van der Waals surface area contributed by atoms with E-state index in [2.05, 4.69) is 0 Å². The second-order valence-corrected chi connectivity index (χ2v) is 3.85. The van der Waals surface area contributed by atoms with E-state index in [0.717, 1.165) is 24.2 Å². The van der Waals surface area contributed by atoms with E-state index in [1.54, 1.807) is 0 Å². The highest BCUT2D eigenvalue weighted by Gasteiger charge is 2.34. The number of rotatable bonds is 3. The lowest BCUT2D eigenvalue weighted by Crippen LogP contribution is -2.53. The lowest BCUT2D eigenvalue weighted by atomic mass is 10.0. The monoisotopic (exact) mass is 221 g/mol. The van der Waals surface area contributed by atoms with Crippen LogP contribution in [0.5, 0.6) is 0 Å². The van der Waals surface area contributed by atoms with Crippen LogP contribution in [0, 0.1) is 0 Å². The minimum absolute atomic E-state index is 0.0424. The maximum absolute atomic E-state index is 11.4. The zero-order valence-corrected chi connectivity index (χ0v) is 9.22. The van der Waals surface area contributed by atoms with Gasteiger partial charge in [0.2, 0.25) is 0 Å². The van der Waals surface area contributed by atoms with Crippen LogP contribution in [0.1, 0.15) is 12.0 Å². The molecule has 1 atom stereocenters. The molecule has 0 aromatic heterocycles. The topological polar surface area (TPSA) is 49.8 Å². The summed E-state index contributed by atoms with van der Waals surface area (Å²) in [5.74, 6) is -0.183. The number of hydrogen-bond donors (Lipinski definition) is 1. The van der Waals surface area contributed by atoms with E-state index in [9.17, 15) is 4.79 Å². The number of hydrogen-bond acceptors (Lipinski definition) is 4. The van der Waals surface area contributed by atoms with Crippen molar-refractivity contribution < 1.29 is 14.6 Å². The Morgan fingerprint density at radius 1 is 1.50 bits per heavy atom. The molecule has 0 saturated carbocycles. The third-order valence-corrected chi connectivity index (χ3v) is 2.94. The van der Waals surface area contributed by atoms with Crippen molar-refractivity contribution in [2.45, 2.75) is 19.1 Å². The number of carbonyl (C=O) groups is 1. The predicted molar refractivity (Wildman–Crippen MR) is 60.1 cm³/mol. The van der Waals surface area contributed by atoms with Gasteiger partial charge in [0.1, 0.15) is 6.04 Å². The second-order valence-electron chi connectivity index (χ2n) is 3.85. The molecular formula is C12H15NO3. The first-order valence-corrected chi connectivity index (χ1v) is 5.30. The van der Waals surface area contributed by atoms with E-state index in [1.807, 2.05) is 29.2 Å². The summed E-state index contributed by atoms with van der Waals surface area (Å²) in [5, 5.41) is 8.93. The molecule has 4 nitrogen and oxygen atoms in total. The summed E-state index contributed by atoms with van der Waals surface area (Å²) in [5.41, 5.74) is 1.87. The van der Waals surface area contributed by atoms with E-state index in [1.165, 1.54) is 7.11 Å². The number of benzene rings is 1. The minimum Gasteiger partial charge on any atom is -0.467 e. The van der Waals surface area contributed by atoms with Crippen molar-refractivity contribution in [1.29, 1.82) is 0 Å². The SMILES string of the molecule is COC(=O)C1CCN1c1ccc(CO)cc1. The summed E-state index contributed by atoms with van der Waals surface area (Å²) in [6.07, 6.45) is 0.842. The summed E-state index contributed by atoms with van der Waals surface area (Å²) in [4.78, 5) is 13.4. The number of methoxy groups -OCH3 is 1. The molecule has 1 fully saturated rings. The first-order chi connectivity index (χ1) is 7.76. The molecule has 1 aromatic rings. The van der Waals surface area contributed by atoms with Crippen LogP contribution in [0.2, 0.25) is 0 Å². The van der Waals surface area contributed by atoms with E-state index in [0.29, 0.717) is 0 Å². The fourth-order valence-corrected chi connectivity index (χ4v) is 1.87. The third-order valence-electron chi connectivity index (χ3n) is 2.94. The van der Waals surface area contributed by atoms with Crippen LogP contribution >= 0.6 is 0 Å². The molecule has 1 saturated heterocycles. The van der Waals surface area contributed by atoms with Crippen LogP contribution in [0.4, 0.5) is 5.69 Å². The Labute approximate surface area is 94.4 Å². The summed E-state index contributed by atoms with van der Waals surface area (Å²) in [7, 11) is 1.41. The largest absolute Gasteiger partial charge is 0.467 e. The van der Waals surface area contributed by atoms with Gasteiger partial charge < -0.3 is 14.7 Å². The summed E-state index contributed by atoms with van der Waals surface area (Å²) >= 11 is 0. The molecule has 0 aliphatic carbocycles. The molecule has 1 N–H and O–H groups in total. The van der Waals surface area contributed by atoms with Gasteiger partial charge in [0.25, 0.3) is 0 Å². The molecule has 1 aliphatic heterocycles. The van der Waals surface area contributed by atoms with Gasteiger partial charge in [0.05, 0.1) is 13.7 Å². The number of esters is 1. The molecule has 0 amide bonds. The van der Waals surface area contributed by atoms with Gasteiger partial charge in [-0.25, -0.2) is 4.79 Å². The molecular weight excluding hydrogens is 206 g/mol. The Kier molecular flexibility index (Phi) is 3.10. The average molecular weight is 221 g/mol. The molecule has 1 aromatic carbocycles. The zero-order chi connectivity index (χ0) is 11.5. The maximum Gasteiger partial charge on any atom is 0.328 e. The number of anilines is 1. The van der Waals surface area contributed by atoms with Crippen LogP contribution in [0.25, 0.3) is 0 Å². The van der Waals surface area contributed by atoms with Crippen molar-refractivity contribution in [3.05, 3.63) is 29.8 Å². The van der Waals surface area contributed by atoms with Crippen LogP contribution in [0.3, 0.4) is 0 Å². The standard InChI is InChI=1S/C12H15NO3/c1-16-12(15)11-6-7-13(11)10-4-2-9(8-14)3-5-10/h2-5,11,14H,6-8H2,1H3. The zero-order valence-electron chi connectivity index (χ0n) is 9.22. The number of aliphatic hydroxyl groups excluding tert-OH is 1. The Bertz CT molecular complexity index is 374. The molecule has 1 heterocycles. The quantitative estimate of drug-likeness (QED) is 0.771. The summed E-state index contributed by atoms with van der Waals surface area (Å²) in [6, 6.07) is 7.41. The molecule has 1 unspecified atom stereocenters. The van der Waals surface area contributed by atoms with Crippen molar-refractivity contribution in [2.75, 3.05) is 18.6 Å². The third kappa shape index (κ3) is 1.88. The van der Waals surface area contributed by atoms with Gasteiger partial charge in [-0.1, -0.05) is 12.1 Å². The molecule has 0 spiro atoms. The first-order valence-electron chi connectivity index (χ1n) is 5.30. The van der Waals surface area contributed by atoms with Gasteiger partial charge in [0.15, 0.2) is 0 Å². The fourth-order valence-electron chi connectivity index (χ4n) is 1.87. The Hall–Kier alpha value is -1.55. The number of ether oxygens (including phenoxy) is 1. The Morgan fingerprint density at radius 3 is 2.62 bits per heavy atom. The Balaban J connectivity index is 2.09. The van der Waals surface area contributed by atoms with E-state index in [4.69, 9.17) is 9.84 Å². The van der Waals surface area contributed by atoms with Gasteiger partial charge in [-0.15, -0.1) is 0 Å². The van der Waals surface area contributed by atoms with Crippen LogP contribution in [-0.4, -0.2) is 30.8 Å². The highest BCUT2D eigenvalue weighted by Crippen LogP contribution is 2.27. The first kappa shape index (κ1) is 11.0. The molecule has 86 valence electrons. The lowest BCUT2D eigenvalue weighted by molar-refractivity contribution is -0.143. The number of carbonyl (C=O) groups excluding carboxylic acids is 1. The maximum atomic E-state index is 11.4. The molecule has 4 heteroatoms. The number of nitrogens with zero attached hydrogens (tertiary/aromatic N) is 1. The molecule has 0 bridgehead atoms. The van der Waals surface area contributed by atoms with Crippen molar-refractivity contribution in [1.82, 2.24) is 0 Å². The van der Waals surface area contributed by atoms with Crippen LogP contribution in [0.15, 0.2) is 24.3 Å².